The van der Waals surface area contributed by atoms with Crippen molar-refractivity contribution in [2.75, 3.05) is 0 Å². The van der Waals surface area contributed by atoms with Crippen molar-refractivity contribution in [3.05, 3.63) is 75.3 Å². The number of carbonyl (C=O) groups is 2. The molecule has 1 amide bonds. The van der Waals surface area contributed by atoms with Gasteiger partial charge in [-0.25, -0.2) is 4.79 Å². The molecule has 0 aliphatic carbocycles. The van der Waals surface area contributed by atoms with Gasteiger partial charge in [-0.05, 0) is 18.2 Å². The van der Waals surface area contributed by atoms with Crippen LogP contribution in [0, 0.1) is 10.1 Å². The minimum absolute atomic E-state index is 0.0687. The summed E-state index contributed by atoms with van der Waals surface area (Å²) in [4.78, 5) is 33.9. The Hall–Kier alpha value is -3.43. The molecule has 0 unspecified atom stereocenters. The summed E-state index contributed by atoms with van der Waals surface area (Å²) in [5, 5.41) is 22.4. The van der Waals surface area contributed by atoms with Gasteiger partial charge in [0.25, 0.3) is 11.6 Å². The fourth-order valence-corrected chi connectivity index (χ4v) is 2.36. The number of para-hydroxylation sites is 1. The highest BCUT2D eigenvalue weighted by Gasteiger charge is 2.31. The highest BCUT2D eigenvalue weighted by molar-refractivity contribution is 5.96. The molecule has 142 valence electrons. The van der Waals surface area contributed by atoms with E-state index in [2.05, 4.69) is 5.32 Å². The summed E-state index contributed by atoms with van der Waals surface area (Å²) in [6.45, 7) is 0. The average molecular weight is 382 g/mol. The van der Waals surface area contributed by atoms with Crippen LogP contribution in [0.15, 0.2) is 48.5 Å². The second-order valence-electron chi connectivity index (χ2n) is 5.53. The Kier molecular flexibility index (Phi) is 5.78. The van der Waals surface area contributed by atoms with E-state index in [4.69, 9.17) is 0 Å². The molecule has 0 spiro atoms. The van der Waals surface area contributed by atoms with Gasteiger partial charge in [-0.3, -0.25) is 14.9 Å². The molecule has 10 heteroatoms. The number of nitrogens with one attached hydrogen (secondary N) is 1. The van der Waals surface area contributed by atoms with Gasteiger partial charge in [-0.15, -0.1) is 0 Å². The maximum absolute atomic E-state index is 12.7. The quantitative estimate of drug-likeness (QED) is 0.590. The molecular formula is C17H13F3N2O5. The number of halogens is 3. The normalized spacial score (nSPS) is 12.3. The van der Waals surface area contributed by atoms with Crippen molar-refractivity contribution < 1.29 is 32.8 Å². The lowest BCUT2D eigenvalue weighted by Gasteiger charge is -2.15. The maximum Gasteiger partial charge on any atom is 0.416 e. The lowest BCUT2D eigenvalue weighted by Crippen LogP contribution is -2.42. The van der Waals surface area contributed by atoms with E-state index in [9.17, 15) is 38.0 Å². The molecule has 1 atom stereocenters. The number of amides is 1. The predicted octanol–water partition coefficient (Wildman–Crippen LogP) is 3.04. The van der Waals surface area contributed by atoms with E-state index < -0.39 is 41.0 Å². The van der Waals surface area contributed by atoms with E-state index in [1.54, 1.807) is 0 Å². The molecule has 2 N–H and O–H groups in total. The maximum atomic E-state index is 12.7. The van der Waals surface area contributed by atoms with E-state index in [0.717, 1.165) is 18.2 Å². The molecule has 0 aromatic heterocycles. The molecule has 0 aliphatic heterocycles. The number of alkyl halides is 3. The monoisotopic (exact) mass is 382 g/mol. The summed E-state index contributed by atoms with van der Waals surface area (Å²) in [6.07, 6.45) is -5.07. The van der Waals surface area contributed by atoms with E-state index >= 15 is 0 Å². The topological polar surface area (TPSA) is 110 Å². The first kappa shape index (κ1) is 19.9. The van der Waals surface area contributed by atoms with E-state index in [-0.39, 0.29) is 16.8 Å². The van der Waals surface area contributed by atoms with Crippen LogP contribution in [0.1, 0.15) is 21.5 Å². The van der Waals surface area contributed by atoms with Crippen molar-refractivity contribution >= 4 is 17.6 Å². The standard InChI is InChI=1S/C17H13F3N2O5/c18-17(19,20)12-6-3-5-11(8-12)15(23)21-13(16(24)25)9-10-4-1-2-7-14(10)22(26)27/h1-8,13H,9H2,(H,21,23)(H,24,25)/t13-/m0/s1. The van der Waals surface area contributed by atoms with Crippen molar-refractivity contribution in [2.24, 2.45) is 0 Å². The van der Waals surface area contributed by atoms with Crippen LogP contribution in [0.3, 0.4) is 0 Å². The summed E-state index contributed by atoms with van der Waals surface area (Å²) in [5.74, 6) is -2.51. The highest BCUT2D eigenvalue weighted by Crippen LogP contribution is 2.29. The zero-order valence-electron chi connectivity index (χ0n) is 13.6. The number of benzene rings is 2. The Morgan fingerprint density at radius 1 is 1.15 bits per heavy atom. The number of carbonyl (C=O) groups excluding carboxylic acids is 1. The smallest absolute Gasteiger partial charge is 0.416 e. The zero-order chi connectivity index (χ0) is 20.2. The van der Waals surface area contributed by atoms with Crippen LogP contribution in [0.4, 0.5) is 18.9 Å². The first-order valence-corrected chi connectivity index (χ1v) is 7.53. The number of hydrogen-bond acceptors (Lipinski definition) is 4. The fraction of sp³-hybridized carbons (Fsp3) is 0.176. The lowest BCUT2D eigenvalue weighted by molar-refractivity contribution is -0.385. The van der Waals surface area contributed by atoms with Crippen molar-refractivity contribution in [3.63, 3.8) is 0 Å². The van der Waals surface area contributed by atoms with Gasteiger partial charge in [0.2, 0.25) is 0 Å². The molecule has 0 heterocycles. The number of nitrogens with zero attached hydrogens (tertiary/aromatic N) is 1. The van der Waals surface area contributed by atoms with Gasteiger partial charge in [0.05, 0.1) is 10.5 Å². The molecule has 2 aromatic rings. The summed E-state index contributed by atoms with van der Waals surface area (Å²) < 4.78 is 38.2. The molecule has 0 radical (unpaired) electrons. The van der Waals surface area contributed by atoms with Gasteiger partial charge in [0.1, 0.15) is 6.04 Å². The first-order valence-electron chi connectivity index (χ1n) is 7.53. The largest absolute Gasteiger partial charge is 0.480 e. The molecular weight excluding hydrogens is 369 g/mol. The number of carboxylic acid groups (broad SMARTS) is 1. The number of nitro groups is 1. The second kappa shape index (κ2) is 7.85. The minimum atomic E-state index is -4.66. The van der Waals surface area contributed by atoms with Crippen LogP contribution in [-0.2, 0) is 17.4 Å². The molecule has 0 fully saturated rings. The summed E-state index contributed by atoms with van der Waals surface area (Å²) >= 11 is 0. The summed E-state index contributed by atoms with van der Waals surface area (Å²) in [5.41, 5.74) is -1.68. The Labute approximate surface area is 150 Å². The van der Waals surface area contributed by atoms with Gasteiger partial charge >= 0.3 is 12.1 Å². The summed E-state index contributed by atoms with van der Waals surface area (Å²) in [6, 6.07) is 7.33. The van der Waals surface area contributed by atoms with E-state index in [1.165, 1.54) is 24.3 Å². The van der Waals surface area contributed by atoms with Gasteiger partial charge in [-0.1, -0.05) is 24.3 Å². The first-order chi connectivity index (χ1) is 12.6. The third kappa shape index (κ3) is 5.03. The van der Waals surface area contributed by atoms with Crippen molar-refractivity contribution in [3.8, 4) is 0 Å². The Morgan fingerprint density at radius 2 is 1.81 bits per heavy atom. The van der Waals surface area contributed by atoms with Crippen molar-refractivity contribution in [1.82, 2.24) is 5.32 Å². The van der Waals surface area contributed by atoms with Gasteiger partial charge < -0.3 is 10.4 Å². The van der Waals surface area contributed by atoms with Crippen molar-refractivity contribution in [2.45, 2.75) is 18.6 Å². The predicted molar refractivity (Wildman–Crippen MR) is 87.1 cm³/mol. The molecule has 0 aliphatic rings. The summed E-state index contributed by atoms with van der Waals surface area (Å²) in [7, 11) is 0. The van der Waals surface area contributed by atoms with Gasteiger partial charge in [0.15, 0.2) is 0 Å². The van der Waals surface area contributed by atoms with Crippen LogP contribution in [0.2, 0.25) is 0 Å². The second-order valence-corrected chi connectivity index (χ2v) is 5.53. The molecule has 0 saturated carbocycles. The van der Waals surface area contributed by atoms with Crippen LogP contribution in [0.25, 0.3) is 0 Å². The number of nitro benzene ring substituents is 1. The third-order valence-electron chi connectivity index (χ3n) is 3.67. The minimum Gasteiger partial charge on any atom is -0.480 e. The Morgan fingerprint density at radius 3 is 2.41 bits per heavy atom. The Bertz CT molecular complexity index is 883. The molecule has 2 aromatic carbocycles. The molecule has 2 rings (SSSR count). The third-order valence-corrected chi connectivity index (χ3v) is 3.67. The van der Waals surface area contributed by atoms with Gasteiger partial charge in [0, 0.05) is 23.6 Å². The highest BCUT2D eigenvalue weighted by atomic mass is 19.4. The number of aliphatic carboxylic acids is 1. The van der Waals surface area contributed by atoms with E-state index in [0.29, 0.717) is 6.07 Å². The Balaban J connectivity index is 2.23. The van der Waals surface area contributed by atoms with Crippen LogP contribution < -0.4 is 5.32 Å². The molecule has 27 heavy (non-hydrogen) atoms. The number of carboxylic acids is 1. The fourth-order valence-electron chi connectivity index (χ4n) is 2.36. The average Bonchev–Trinajstić information content (AvgIpc) is 2.60. The lowest BCUT2D eigenvalue weighted by atomic mass is 10.0. The van der Waals surface area contributed by atoms with Crippen LogP contribution in [0.5, 0.6) is 0 Å². The van der Waals surface area contributed by atoms with E-state index in [1.807, 2.05) is 0 Å². The molecule has 0 bridgehead atoms. The van der Waals surface area contributed by atoms with Crippen molar-refractivity contribution in [1.29, 1.82) is 0 Å². The van der Waals surface area contributed by atoms with Crippen LogP contribution in [-0.4, -0.2) is 27.9 Å². The van der Waals surface area contributed by atoms with Crippen LogP contribution >= 0.6 is 0 Å². The van der Waals surface area contributed by atoms with Gasteiger partial charge in [-0.2, -0.15) is 13.2 Å². The number of hydrogen-bond donors (Lipinski definition) is 2. The number of rotatable bonds is 6. The SMILES string of the molecule is O=C(N[C@@H](Cc1ccccc1[N+](=O)[O-])C(=O)O)c1cccc(C(F)(F)F)c1. The molecule has 7 nitrogen and oxygen atoms in total. The zero-order valence-corrected chi connectivity index (χ0v) is 13.6. The molecule has 0 saturated heterocycles.